The molecule has 6 rings (SSSR count). The molecule has 4 aromatic carbocycles. The Hall–Kier alpha value is -4.11. The van der Waals surface area contributed by atoms with Crippen LogP contribution in [-0.2, 0) is 0 Å². The highest BCUT2D eigenvalue weighted by Crippen LogP contribution is 2.30. The predicted molar refractivity (Wildman–Crippen MR) is 162 cm³/mol. The van der Waals surface area contributed by atoms with E-state index in [2.05, 4.69) is 9.97 Å². The second-order valence-electron chi connectivity index (χ2n) is 9.25. The fourth-order valence-corrected chi connectivity index (χ4v) is 5.72. The van der Waals surface area contributed by atoms with Crippen molar-refractivity contribution in [2.45, 2.75) is 33.8 Å². The molecule has 0 amide bonds. The number of thiazole rings is 2. The second-order valence-corrected chi connectivity index (χ2v) is 11.7. The quantitative estimate of drug-likeness (QED) is 0.202. The normalized spacial score (nSPS) is 11.6. The Kier molecular flexibility index (Phi) is 8.21. The van der Waals surface area contributed by atoms with Crippen LogP contribution in [0.4, 0.5) is 0 Å². The summed E-state index contributed by atoms with van der Waals surface area (Å²) in [6.45, 7) is 7.29. The minimum atomic E-state index is -0.458. The molecule has 6 aromatic rings. The number of Topliss-reactive ketones (excluding diaryl/α,β-unsaturated/α-hetero) is 1. The summed E-state index contributed by atoms with van der Waals surface area (Å²) in [5, 5.41) is 11.6. The van der Waals surface area contributed by atoms with Crippen molar-refractivity contribution in [3.63, 3.8) is 0 Å². The molecule has 0 aliphatic heterocycles. The van der Waals surface area contributed by atoms with Gasteiger partial charge in [0, 0.05) is 17.7 Å². The maximum atomic E-state index is 11.2. The van der Waals surface area contributed by atoms with Crippen molar-refractivity contribution in [1.82, 2.24) is 9.97 Å². The van der Waals surface area contributed by atoms with Crippen LogP contribution in [0, 0.1) is 13.8 Å². The lowest BCUT2D eigenvalue weighted by Crippen LogP contribution is -1.91. The van der Waals surface area contributed by atoms with Crippen molar-refractivity contribution in [2.75, 3.05) is 0 Å². The third kappa shape index (κ3) is 6.71. The Morgan fingerprint density at radius 3 is 1.55 bits per heavy atom. The number of ether oxygens (including phenoxy) is 2. The maximum Gasteiger partial charge on any atom is 0.159 e. The van der Waals surface area contributed by atoms with Gasteiger partial charge in [0.15, 0.2) is 5.78 Å². The minimum absolute atomic E-state index is 0.0538. The van der Waals surface area contributed by atoms with Gasteiger partial charge in [-0.15, -0.1) is 22.7 Å². The van der Waals surface area contributed by atoms with E-state index in [4.69, 9.17) is 9.47 Å². The highest BCUT2D eigenvalue weighted by molar-refractivity contribution is 7.18. The van der Waals surface area contributed by atoms with Crippen molar-refractivity contribution < 1.29 is 19.4 Å². The van der Waals surface area contributed by atoms with Gasteiger partial charge in [-0.1, -0.05) is 12.1 Å². The third-order valence-electron chi connectivity index (χ3n) is 6.03. The van der Waals surface area contributed by atoms with Gasteiger partial charge in [0.1, 0.15) is 23.0 Å². The van der Waals surface area contributed by atoms with Gasteiger partial charge in [0.05, 0.1) is 36.6 Å². The summed E-state index contributed by atoms with van der Waals surface area (Å²) in [6.07, 6.45) is -0.458. The van der Waals surface area contributed by atoms with E-state index in [0.29, 0.717) is 5.56 Å². The van der Waals surface area contributed by atoms with E-state index in [-0.39, 0.29) is 5.78 Å². The van der Waals surface area contributed by atoms with Crippen LogP contribution in [0.2, 0.25) is 0 Å². The zero-order valence-corrected chi connectivity index (χ0v) is 24.2. The number of benzene rings is 4. The number of aromatic nitrogens is 2. The summed E-state index contributed by atoms with van der Waals surface area (Å²) in [7, 11) is 0. The number of fused-ring (bicyclic) bond motifs is 2. The van der Waals surface area contributed by atoms with Crippen molar-refractivity contribution in [3.8, 4) is 23.0 Å². The smallest absolute Gasteiger partial charge is 0.159 e. The summed E-state index contributed by atoms with van der Waals surface area (Å²) < 4.78 is 13.9. The van der Waals surface area contributed by atoms with Gasteiger partial charge >= 0.3 is 0 Å². The molecule has 0 aliphatic carbocycles. The van der Waals surface area contributed by atoms with Crippen LogP contribution in [-0.4, -0.2) is 20.9 Å². The highest BCUT2D eigenvalue weighted by Gasteiger charge is 2.06. The first kappa shape index (κ1) is 27.5. The Balaban J connectivity index is 0.000000161. The number of hydrogen-bond donors (Lipinski definition) is 1. The first-order valence-corrected chi connectivity index (χ1v) is 14.4. The maximum absolute atomic E-state index is 11.2. The van der Waals surface area contributed by atoms with Crippen LogP contribution in [0.25, 0.3) is 20.4 Å². The fraction of sp³-hybridized carbons (Fsp3) is 0.156. The zero-order valence-electron chi connectivity index (χ0n) is 22.5. The lowest BCUT2D eigenvalue weighted by atomic mass is 10.1. The molecule has 2 aromatic heterocycles. The van der Waals surface area contributed by atoms with E-state index in [0.717, 1.165) is 59.0 Å². The van der Waals surface area contributed by atoms with Gasteiger partial charge in [-0.05, 0) is 93.9 Å². The second kappa shape index (κ2) is 12.0. The minimum Gasteiger partial charge on any atom is -0.457 e. The molecule has 40 heavy (non-hydrogen) atoms. The molecule has 0 fully saturated rings. The monoisotopic (exact) mass is 568 g/mol. The van der Waals surface area contributed by atoms with E-state index in [9.17, 15) is 9.90 Å². The van der Waals surface area contributed by atoms with Crippen LogP contribution in [0.1, 0.15) is 45.9 Å². The molecule has 6 nitrogen and oxygen atoms in total. The lowest BCUT2D eigenvalue weighted by molar-refractivity contribution is 0.101. The van der Waals surface area contributed by atoms with Crippen LogP contribution in [0.3, 0.4) is 0 Å². The molecular weight excluding hydrogens is 540 g/mol. The molecule has 8 heteroatoms. The number of ketones is 1. The largest absolute Gasteiger partial charge is 0.457 e. The number of aryl methyl sites for hydroxylation is 2. The molecular formula is C32H28N2O4S2. The summed E-state index contributed by atoms with van der Waals surface area (Å²) in [5.74, 6) is 3.10. The topological polar surface area (TPSA) is 81.5 Å². The van der Waals surface area contributed by atoms with Crippen LogP contribution < -0.4 is 9.47 Å². The number of aliphatic hydroxyl groups is 1. The average molecular weight is 569 g/mol. The van der Waals surface area contributed by atoms with E-state index in [1.54, 1.807) is 60.8 Å². The Labute approximate surface area is 240 Å². The van der Waals surface area contributed by atoms with Crippen molar-refractivity contribution >= 4 is 48.9 Å². The van der Waals surface area contributed by atoms with Crippen LogP contribution in [0.15, 0.2) is 84.9 Å². The Morgan fingerprint density at radius 2 is 1.12 bits per heavy atom. The van der Waals surface area contributed by atoms with E-state index in [1.165, 1.54) is 0 Å². The van der Waals surface area contributed by atoms with Crippen molar-refractivity contribution in [2.24, 2.45) is 0 Å². The molecule has 0 bridgehead atoms. The molecule has 0 spiro atoms. The number of rotatable bonds is 6. The van der Waals surface area contributed by atoms with Crippen molar-refractivity contribution in [1.29, 1.82) is 0 Å². The summed E-state index contributed by atoms with van der Waals surface area (Å²) in [5.41, 5.74) is 3.56. The van der Waals surface area contributed by atoms with Crippen molar-refractivity contribution in [3.05, 3.63) is 106 Å². The van der Waals surface area contributed by atoms with Gasteiger partial charge in [-0.25, -0.2) is 9.97 Å². The van der Waals surface area contributed by atoms with Gasteiger partial charge in [0.25, 0.3) is 0 Å². The summed E-state index contributed by atoms with van der Waals surface area (Å²) >= 11 is 3.31. The van der Waals surface area contributed by atoms with Gasteiger partial charge < -0.3 is 14.6 Å². The molecule has 0 saturated carbocycles. The lowest BCUT2D eigenvalue weighted by Gasteiger charge is -2.08. The Bertz CT molecular complexity index is 1770. The molecule has 0 radical (unpaired) electrons. The summed E-state index contributed by atoms with van der Waals surface area (Å²) in [6, 6.07) is 26.4. The van der Waals surface area contributed by atoms with Crippen LogP contribution in [0.5, 0.6) is 23.0 Å². The van der Waals surface area contributed by atoms with Crippen LogP contribution >= 0.6 is 22.7 Å². The van der Waals surface area contributed by atoms with Gasteiger partial charge in [-0.3, -0.25) is 4.79 Å². The Morgan fingerprint density at radius 1 is 0.700 bits per heavy atom. The molecule has 2 heterocycles. The molecule has 1 atom stereocenters. The molecule has 1 unspecified atom stereocenters. The molecule has 0 saturated heterocycles. The fourth-order valence-electron chi connectivity index (χ4n) is 4.01. The molecule has 1 N–H and O–H groups in total. The first-order chi connectivity index (χ1) is 19.2. The van der Waals surface area contributed by atoms with E-state index < -0.39 is 6.10 Å². The number of carbonyl (C=O) groups is 1. The molecule has 0 aliphatic rings. The highest BCUT2D eigenvalue weighted by atomic mass is 32.1. The van der Waals surface area contributed by atoms with E-state index in [1.807, 2.05) is 74.5 Å². The number of nitrogens with zero attached hydrogens (tertiary/aromatic N) is 2. The number of aliphatic hydroxyl groups excluding tert-OH is 1. The standard InChI is InChI=1S/C16H15NO2S.C16H13NO2S/c2*1-10(18)12-3-5-13(6-4-12)19-14-7-8-15-16(9-14)20-11(2)17-15/h3-10,18H,1-2H3;3-9H,1-2H3. The van der Waals surface area contributed by atoms with E-state index >= 15 is 0 Å². The van der Waals surface area contributed by atoms with Gasteiger partial charge in [0.2, 0.25) is 0 Å². The SMILES string of the molecule is CC(=O)c1ccc(Oc2ccc3nc(C)sc3c2)cc1.Cc1nc2ccc(Oc3ccc(C(C)O)cc3)cc2s1. The summed E-state index contributed by atoms with van der Waals surface area (Å²) in [4.78, 5) is 20.1. The number of hydrogen-bond acceptors (Lipinski definition) is 8. The predicted octanol–water partition coefficient (Wildman–Crippen LogP) is 9.05. The van der Waals surface area contributed by atoms with Gasteiger partial charge in [-0.2, -0.15) is 0 Å². The number of carbonyl (C=O) groups excluding carboxylic acids is 1. The average Bonchev–Trinajstić information content (AvgIpc) is 3.49. The molecule has 202 valence electrons. The zero-order chi connectivity index (χ0) is 28.2. The first-order valence-electron chi connectivity index (χ1n) is 12.7. The third-order valence-corrected chi connectivity index (χ3v) is 7.90.